The normalized spacial score (nSPS) is 18.5. The lowest BCUT2D eigenvalue weighted by molar-refractivity contribution is -0.116. The summed E-state index contributed by atoms with van der Waals surface area (Å²) in [5.74, 6) is -0.522. The van der Waals surface area contributed by atoms with Crippen molar-refractivity contribution in [2.75, 3.05) is 11.9 Å². The van der Waals surface area contributed by atoms with Crippen molar-refractivity contribution in [1.82, 2.24) is 5.32 Å². The van der Waals surface area contributed by atoms with Crippen LogP contribution in [0.15, 0.2) is 24.3 Å². The number of hydrogen-bond acceptors (Lipinski definition) is 3. The topological polar surface area (TPSA) is 84.2 Å². The van der Waals surface area contributed by atoms with Gasteiger partial charge >= 0.3 is 0 Å². The summed E-state index contributed by atoms with van der Waals surface area (Å²) in [6, 6.07) is 7.14. The van der Waals surface area contributed by atoms with Gasteiger partial charge in [0.15, 0.2) is 0 Å². The molecule has 1 fully saturated rings. The van der Waals surface area contributed by atoms with Gasteiger partial charge in [0.1, 0.15) is 0 Å². The number of carbonyl (C=O) groups excluding carboxylic acids is 2. The number of benzene rings is 1. The molecular weight excluding hydrogens is 254 g/mol. The van der Waals surface area contributed by atoms with Crippen LogP contribution in [0.1, 0.15) is 42.5 Å². The molecule has 5 heteroatoms. The second-order valence-electron chi connectivity index (χ2n) is 5.18. The van der Waals surface area contributed by atoms with Crippen molar-refractivity contribution in [3.63, 3.8) is 0 Å². The lowest BCUT2D eigenvalue weighted by atomic mass is 10.0. The van der Waals surface area contributed by atoms with Crippen LogP contribution in [-0.4, -0.2) is 24.4 Å². The van der Waals surface area contributed by atoms with Crippen LogP contribution in [0.4, 0.5) is 5.69 Å². The Morgan fingerprint density at radius 1 is 1.35 bits per heavy atom. The molecule has 0 saturated carbocycles. The highest BCUT2D eigenvalue weighted by Crippen LogP contribution is 2.14. The van der Waals surface area contributed by atoms with E-state index in [1.807, 2.05) is 0 Å². The van der Waals surface area contributed by atoms with Crippen LogP contribution in [0.3, 0.4) is 0 Å². The van der Waals surface area contributed by atoms with E-state index in [0.29, 0.717) is 23.7 Å². The third-order valence-corrected chi connectivity index (χ3v) is 3.56. The van der Waals surface area contributed by atoms with E-state index >= 15 is 0 Å². The highest BCUT2D eigenvalue weighted by atomic mass is 16.2. The Bertz CT molecular complexity index is 482. The quantitative estimate of drug-likeness (QED) is 0.764. The molecule has 2 amide bonds. The number of anilines is 1. The summed E-state index contributed by atoms with van der Waals surface area (Å²) >= 11 is 0. The van der Waals surface area contributed by atoms with Crippen LogP contribution in [0.25, 0.3) is 0 Å². The molecule has 0 aliphatic carbocycles. The minimum Gasteiger partial charge on any atom is -0.366 e. The molecule has 5 nitrogen and oxygen atoms in total. The van der Waals surface area contributed by atoms with Gasteiger partial charge in [-0.05, 0) is 44.0 Å². The number of nitrogens with one attached hydrogen (secondary N) is 2. The molecule has 0 aromatic heterocycles. The maximum Gasteiger partial charge on any atom is 0.248 e. The largest absolute Gasteiger partial charge is 0.366 e. The van der Waals surface area contributed by atoms with Gasteiger partial charge in [-0.1, -0.05) is 12.5 Å². The van der Waals surface area contributed by atoms with E-state index < -0.39 is 5.91 Å². The highest BCUT2D eigenvalue weighted by molar-refractivity contribution is 5.96. The van der Waals surface area contributed by atoms with Crippen LogP contribution >= 0.6 is 0 Å². The summed E-state index contributed by atoms with van der Waals surface area (Å²) in [6.07, 6.45) is 4.94. The number of amides is 2. The third kappa shape index (κ3) is 4.35. The van der Waals surface area contributed by atoms with Crippen molar-refractivity contribution >= 4 is 17.5 Å². The minimum absolute atomic E-state index is 0.0287. The zero-order chi connectivity index (χ0) is 14.4. The third-order valence-electron chi connectivity index (χ3n) is 3.56. The Labute approximate surface area is 118 Å². The van der Waals surface area contributed by atoms with Crippen LogP contribution in [0, 0.1) is 0 Å². The Balaban J connectivity index is 1.81. The maximum absolute atomic E-state index is 11.9. The molecule has 1 saturated heterocycles. The Morgan fingerprint density at radius 3 is 2.90 bits per heavy atom. The fourth-order valence-electron chi connectivity index (χ4n) is 2.45. The van der Waals surface area contributed by atoms with Gasteiger partial charge in [-0.15, -0.1) is 0 Å². The second kappa shape index (κ2) is 7.05. The van der Waals surface area contributed by atoms with Gasteiger partial charge in [0.25, 0.3) is 0 Å². The number of carbonyl (C=O) groups is 2. The minimum atomic E-state index is -0.493. The van der Waals surface area contributed by atoms with E-state index in [-0.39, 0.29) is 5.91 Å². The number of hydrogen-bond donors (Lipinski definition) is 3. The van der Waals surface area contributed by atoms with Gasteiger partial charge in [0.2, 0.25) is 11.8 Å². The molecule has 108 valence electrons. The number of nitrogens with two attached hydrogens (primary N) is 1. The summed E-state index contributed by atoms with van der Waals surface area (Å²) in [7, 11) is 0. The van der Waals surface area contributed by atoms with Crippen LogP contribution in [-0.2, 0) is 4.79 Å². The van der Waals surface area contributed by atoms with Crippen molar-refractivity contribution in [3.05, 3.63) is 29.8 Å². The van der Waals surface area contributed by atoms with Crippen molar-refractivity contribution in [1.29, 1.82) is 0 Å². The Kier molecular flexibility index (Phi) is 5.12. The van der Waals surface area contributed by atoms with E-state index in [4.69, 9.17) is 5.73 Å². The molecule has 1 aliphatic rings. The molecule has 2 rings (SSSR count). The monoisotopic (exact) mass is 275 g/mol. The number of primary amides is 1. The molecule has 0 bridgehead atoms. The van der Waals surface area contributed by atoms with Gasteiger partial charge in [0, 0.05) is 23.7 Å². The first-order valence-corrected chi connectivity index (χ1v) is 7.08. The SMILES string of the molecule is NC(=O)c1cccc(NC(=O)CCC2CCCCN2)c1. The molecule has 1 aromatic carbocycles. The van der Waals surface area contributed by atoms with E-state index in [2.05, 4.69) is 10.6 Å². The molecule has 1 aliphatic heterocycles. The number of rotatable bonds is 5. The lowest BCUT2D eigenvalue weighted by Crippen LogP contribution is -2.34. The first-order chi connectivity index (χ1) is 9.65. The zero-order valence-electron chi connectivity index (χ0n) is 11.5. The second-order valence-corrected chi connectivity index (χ2v) is 5.18. The fraction of sp³-hybridized carbons (Fsp3) is 0.467. The Morgan fingerprint density at radius 2 is 2.20 bits per heavy atom. The molecule has 20 heavy (non-hydrogen) atoms. The summed E-state index contributed by atoms with van der Waals surface area (Å²) in [5, 5.41) is 6.22. The van der Waals surface area contributed by atoms with Gasteiger partial charge in [0.05, 0.1) is 0 Å². The van der Waals surface area contributed by atoms with Gasteiger partial charge in [-0.2, -0.15) is 0 Å². The fourth-order valence-corrected chi connectivity index (χ4v) is 2.45. The van der Waals surface area contributed by atoms with Crippen LogP contribution < -0.4 is 16.4 Å². The van der Waals surface area contributed by atoms with E-state index in [1.165, 1.54) is 12.8 Å². The standard InChI is InChI=1S/C15H21N3O2/c16-15(20)11-4-3-6-13(10-11)18-14(19)8-7-12-5-1-2-9-17-12/h3-4,6,10,12,17H,1-2,5,7-9H2,(H2,16,20)(H,18,19). The summed E-state index contributed by atoms with van der Waals surface area (Å²) < 4.78 is 0. The van der Waals surface area contributed by atoms with Crippen molar-refractivity contribution in [2.45, 2.75) is 38.1 Å². The molecule has 0 spiro atoms. The highest BCUT2D eigenvalue weighted by Gasteiger charge is 2.14. The first-order valence-electron chi connectivity index (χ1n) is 7.08. The average molecular weight is 275 g/mol. The van der Waals surface area contributed by atoms with Crippen molar-refractivity contribution in [2.24, 2.45) is 5.73 Å². The summed E-state index contributed by atoms with van der Waals surface area (Å²) in [6.45, 7) is 1.05. The summed E-state index contributed by atoms with van der Waals surface area (Å²) in [4.78, 5) is 23.0. The number of piperidine rings is 1. The molecule has 1 atom stereocenters. The van der Waals surface area contributed by atoms with Gasteiger partial charge in [-0.25, -0.2) is 0 Å². The maximum atomic E-state index is 11.9. The lowest BCUT2D eigenvalue weighted by Gasteiger charge is -2.23. The first kappa shape index (κ1) is 14.5. The van der Waals surface area contributed by atoms with Gasteiger partial charge in [-0.3, -0.25) is 9.59 Å². The predicted molar refractivity (Wildman–Crippen MR) is 78.5 cm³/mol. The van der Waals surface area contributed by atoms with E-state index in [1.54, 1.807) is 24.3 Å². The van der Waals surface area contributed by atoms with Crippen molar-refractivity contribution < 1.29 is 9.59 Å². The molecule has 1 aromatic rings. The predicted octanol–water partition coefficient (Wildman–Crippen LogP) is 1.65. The van der Waals surface area contributed by atoms with Crippen LogP contribution in [0.5, 0.6) is 0 Å². The summed E-state index contributed by atoms with van der Waals surface area (Å²) in [5.41, 5.74) is 6.22. The van der Waals surface area contributed by atoms with Crippen molar-refractivity contribution in [3.8, 4) is 0 Å². The molecule has 1 heterocycles. The smallest absolute Gasteiger partial charge is 0.248 e. The van der Waals surface area contributed by atoms with Gasteiger partial charge < -0.3 is 16.4 Å². The molecular formula is C15H21N3O2. The average Bonchev–Trinajstić information content (AvgIpc) is 2.46. The van der Waals surface area contributed by atoms with E-state index in [0.717, 1.165) is 19.4 Å². The molecule has 1 unspecified atom stereocenters. The van der Waals surface area contributed by atoms with Crippen LogP contribution in [0.2, 0.25) is 0 Å². The Hall–Kier alpha value is -1.88. The molecule has 0 radical (unpaired) electrons. The zero-order valence-corrected chi connectivity index (χ0v) is 11.5. The molecule has 4 N–H and O–H groups in total. The van der Waals surface area contributed by atoms with E-state index in [9.17, 15) is 9.59 Å².